The van der Waals surface area contributed by atoms with Crippen molar-refractivity contribution >= 4 is 11.8 Å². The van der Waals surface area contributed by atoms with Crippen molar-refractivity contribution in [3.05, 3.63) is 54.4 Å². The van der Waals surface area contributed by atoms with E-state index < -0.39 is 5.60 Å². The summed E-state index contributed by atoms with van der Waals surface area (Å²) in [5.74, 6) is 0.200. The van der Waals surface area contributed by atoms with Gasteiger partial charge in [0.15, 0.2) is 5.60 Å². The van der Waals surface area contributed by atoms with Gasteiger partial charge in [0.1, 0.15) is 0 Å². The molecule has 1 saturated carbocycles. The van der Waals surface area contributed by atoms with Gasteiger partial charge >= 0.3 is 0 Å². The molecule has 1 aromatic heterocycles. The lowest BCUT2D eigenvalue weighted by Gasteiger charge is -2.44. The maximum atomic E-state index is 13.2. The molecule has 0 spiro atoms. The number of carbonyl (C=O) groups excluding carboxylic acids is 2. The minimum absolute atomic E-state index is 0.0926. The van der Waals surface area contributed by atoms with Gasteiger partial charge in [-0.1, -0.05) is 36.8 Å². The number of nitrogens with zero attached hydrogens (tertiary/aromatic N) is 3. The van der Waals surface area contributed by atoms with Gasteiger partial charge in [-0.05, 0) is 35.6 Å². The molecule has 2 aromatic rings. The number of aromatic nitrogens is 1. The Morgan fingerprint density at radius 3 is 2.53 bits per heavy atom. The number of morpholine rings is 1. The van der Waals surface area contributed by atoms with Crippen LogP contribution in [0.2, 0.25) is 0 Å². The molecule has 1 aromatic carbocycles. The predicted octanol–water partition coefficient (Wildman–Crippen LogP) is 2.78. The first-order chi connectivity index (χ1) is 14.5. The van der Waals surface area contributed by atoms with Crippen molar-refractivity contribution in [1.29, 1.82) is 0 Å². The smallest absolute Gasteiger partial charge is 0.256 e. The van der Waals surface area contributed by atoms with E-state index in [4.69, 9.17) is 4.74 Å². The van der Waals surface area contributed by atoms with E-state index in [9.17, 15) is 9.59 Å². The molecule has 2 amide bonds. The molecular weight excluding hydrogens is 378 g/mol. The fraction of sp³-hybridized carbons (Fsp3) is 0.458. The highest BCUT2D eigenvalue weighted by Crippen LogP contribution is 2.32. The van der Waals surface area contributed by atoms with Gasteiger partial charge in [0.25, 0.3) is 5.91 Å². The monoisotopic (exact) mass is 407 g/mol. The van der Waals surface area contributed by atoms with E-state index in [2.05, 4.69) is 4.98 Å². The molecule has 6 heteroatoms. The lowest BCUT2D eigenvalue weighted by molar-refractivity contribution is -0.174. The number of likely N-dealkylation sites (N-methyl/N-ethyl adjacent to an activating group) is 1. The van der Waals surface area contributed by atoms with Crippen LogP contribution < -0.4 is 0 Å². The molecule has 158 valence electrons. The minimum Gasteiger partial charge on any atom is -0.361 e. The second kappa shape index (κ2) is 8.56. The van der Waals surface area contributed by atoms with Crippen LogP contribution in [0.5, 0.6) is 0 Å². The Kier molecular flexibility index (Phi) is 5.86. The summed E-state index contributed by atoms with van der Waals surface area (Å²) in [7, 11) is 3.48. The van der Waals surface area contributed by atoms with E-state index in [1.165, 1.54) is 0 Å². The van der Waals surface area contributed by atoms with Crippen LogP contribution in [-0.4, -0.2) is 66.0 Å². The number of hydrogen-bond donors (Lipinski definition) is 0. The third-order valence-electron chi connectivity index (χ3n) is 6.19. The first kappa shape index (κ1) is 20.5. The van der Waals surface area contributed by atoms with Crippen LogP contribution in [0.3, 0.4) is 0 Å². The van der Waals surface area contributed by atoms with Crippen molar-refractivity contribution in [3.8, 4) is 11.1 Å². The SMILES string of the molecule is CN(C)C(=O)C1(Cc2ccc(-c3cccnc3)cc2)CN(C(=O)C2CCC2)CCO1. The van der Waals surface area contributed by atoms with Gasteiger partial charge in [-0.15, -0.1) is 0 Å². The van der Waals surface area contributed by atoms with Crippen LogP contribution >= 0.6 is 0 Å². The summed E-state index contributed by atoms with van der Waals surface area (Å²) in [5.41, 5.74) is 2.09. The van der Waals surface area contributed by atoms with E-state index in [0.717, 1.165) is 36.0 Å². The maximum absolute atomic E-state index is 13.2. The predicted molar refractivity (Wildman–Crippen MR) is 115 cm³/mol. The molecule has 2 heterocycles. The first-order valence-electron chi connectivity index (χ1n) is 10.6. The van der Waals surface area contributed by atoms with Crippen LogP contribution in [0.4, 0.5) is 0 Å². The van der Waals surface area contributed by atoms with E-state index in [1.807, 2.05) is 47.5 Å². The second-order valence-corrected chi connectivity index (χ2v) is 8.55. The van der Waals surface area contributed by atoms with Crippen LogP contribution in [0.25, 0.3) is 11.1 Å². The van der Waals surface area contributed by atoms with Crippen molar-refractivity contribution in [2.45, 2.75) is 31.3 Å². The van der Waals surface area contributed by atoms with Gasteiger partial charge in [0.05, 0.1) is 13.2 Å². The molecule has 4 rings (SSSR count). The highest BCUT2D eigenvalue weighted by Gasteiger charge is 2.47. The Balaban J connectivity index is 1.56. The maximum Gasteiger partial charge on any atom is 0.256 e. The Hall–Kier alpha value is -2.73. The molecule has 1 aliphatic carbocycles. The van der Waals surface area contributed by atoms with Crippen LogP contribution in [0, 0.1) is 5.92 Å². The van der Waals surface area contributed by atoms with E-state index in [0.29, 0.717) is 26.1 Å². The number of hydrogen-bond acceptors (Lipinski definition) is 4. The van der Waals surface area contributed by atoms with Crippen LogP contribution in [0.1, 0.15) is 24.8 Å². The van der Waals surface area contributed by atoms with Crippen molar-refractivity contribution in [3.63, 3.8) is 0 Å². The highest BCUT2D eigenvalue weighted by molar-refractivity contribution is 5.87. The zero-order valence-corrected chi connectivity index (χ0v) is 17.7. The summed E-state index contributed by atoms with van der Waals surface area (Å²) in [6, 6.07) is 12.1. The zero-order chi connectivity index (χ0) is 21.1. The van der Waals surface area contributed by atoms with Gasteiger partial charge in [0.2, 0.25) is 5.91 Å². The largest absolute Gasteiger partial charge is 0.361 e. The number of carbonyl (C=O) groups is 2. The standard InChI is InChI=1S/C24H29N3O3/c1-26(2)23(29)24(17-27(13-14-30-24)22(28)20-5-3-6-20)15-18-8-10-19(11-9-18)21-7-4-12-25-16-21/h4,7-12,16,20H,3,5-6,13-15,17H2,1-2H3. The molecule has 2 fully saturated rings. The molecule has 1 atom stereocenters. The fourth-order valence-corrected chi connectivity index (χ4v) is 4.28. The number of amides is 2. The third kappa shape index (κ3) is 4.10. The lowest BCUT2D eigenvalue weighted by Crippen LogP contribution is -2.62. The quantitative estimate of drug-likeness (QED) is 0.765. The average molecular weight is 408 g/mol. The van der Waals surface area contributed by atoms with Gasteiger partial charge in [-0.2, -0.15) is 0 Å². The van der Waals surface area contributed by atoms with E-state index >= 15 is 0 Å². The average Bonchev–Trinajstić information content (AvgIpc) is 2.73. The number of ether oxygens (including phenoxy) is 1. The summed E-state index contributed by atoms with van der Waals surface area (Å²) >= 11 is 0. The topological polar surface area (TPSA) is 62.7 Å². The van der Waals surface area contributed by atoms with Crippen molar-refractivity contribution in [2.24, 2.45) is 5.92 Å². The first-order valence-corrected chi connectivity index (χ1v) is 10.6. The zero-order valence-electron chi connectivity index (χ0n) is 17.7. The lowest BCUT2D eigenvalue weighted by atomic mass is 9.83. The molecule has 1 saturated heterocycles. The van der Waals surface area contributed by atoms with E-state index in [1.54, 1.807) is 25.2 Å². The molecule has 0 bridgehead atoms. The molecule has 1 aliphatic heterocycles. The molecule has 30 heavy (non-hydrogen) atoms. The third-order valence-corrected chi connectivity index (χ3v) is 6.19. The molecule has 0 radical (unpaired) electrons. The Labute approximate surface area is 177 Å². The number of pyridine rings is 1. The minimum atomic E-state index is -1.04. The van der Waals surface area contributed by atoms with Gasteiger partial charge in [-0.25, -0.2) is 0 Å². The van der Waals surface area contributed by atoms with Crippen LogP contribution in [0.15, 0.2) is 48.8 Å². The Morgan fingerprint density at radius 2 is 1.93 bits per heavy atom. The Bertz CT molecular complexity index is 894. The number of rotatable bonds is 5. The molecular formula is C24H29N3O3. The molecule has 6 nitrogen and oxygen atoms in total. The summed E-state index contributed by atoms with van der Waals surface area (Å²) in [4.78, 5) is 33.6. The summed E-state index contributed by atoms with van der Waals surface area (Å²) in [5, 5.41) is 0. The van der Waals surface area contributed by atoms with Crippen molar-refractivity contribution in [1.82, 2.24) is 14.8 Å². The Morgan fingerprint density at radius 1 is 1.17 bits per heavy atom. The summed E-state index contributed by atoms with van der Waals surface area (Å²) in [6.07, 6.45) is 7.06. The fourth-order valence-electron chi connectivity index (χ4n) is 4.28. The summed E-state index contributed by atoms with van der Waals surface area (Å²) < 4.78 is 6.12. The number of benzene rings is 1. The van der Waals surface area contributed by atoms with Gasteiger partial charge < -0.3 is 14.5 Å². The second-order valence-electron chi connectivity index (χ2n) is 8.55. The summed E-state index contributed by atoms with van der Waals surface area (Å²) in [6.45, 7) is 1.24. The molecule has 0 N–H and O–H groups in total. The highest BCUT2D eigenvalue weighted by atomic mass is 16.5. The van der Waals surface area contributed by atoms with Gasteiger partial charge in [0, 0.05) is 45.4 Å². The normalized spacial score (nSPS) is 21.7. The van der Waals surface area contributed by atoms with Crippen molar-refractivity contribution in [2.75, 3.05) is 33.8 Å². The molecule has 2 aliphatic rings. The van der Waals surface area contributed by atoms with Gasteiger partial charge in [-0.3, -0.25) is 14.6 Å². The molecule has 1 unspecified atom stereocenters. The van der Waals surface area contributed by atoms with Crippen molar-refractivity contribution < 1.29 is 14.3 Å². The van der Waals surface area contributed by atoms with Crippen LogP contribution in [-0.2, 0) is 20.7 Å². The van der Waals surface area contributed by atoms with E-state index in [-0.39, 0.29) is 17.7 Å².